The molecule has 1 rings (SSSR count). The molecule has 0 bridgehead atoms. The van der Waals surface area contributed by atoms with E-state index in [1.807, 2.05) is 30.3 Å². The number of hydrogen-bond acceptors (Lipinski definition) is 3. The van der Waals surface area contributed by atoms with Crippen molar-refractivity contribution >= 4 is 18.4 Å². The van der Waals surface area contributed by atoms with Gasteiger partial charge in [-0.15, -0.1) is 12.4 Å². The number of methoxy groups -OCH3 is 1. The standard InChI is InChI=1S/C11H15NO2.ClH/c1-14-11(13)8-7-10(12)9-5-3-2-4-6-9;/h2-6,10H,7-8,12H2,1H3;1H/t10-;/m1./s1. The average Bonchev–Trinajstić information content (AvgIpc) is 2.26. The molecule has 1 atom stereocenters. The maximum atomic E-state index is 10.9. The summed E-state index contributed by atoms with van der Waals surface area (Å²) >= 11 is 0. The quantitative estimate of drug-likeness (QED) is 0.805. The Hall–Kier alpha value is -1.06. The Morgan fingerprint density at radius 2 is 2.00 bits per heavy atom. The largest absolute Gasteiger partial charge is 0.469 e. The van der Waals surface area contributed by atoms with Gasteiger partial charge in [0.25, 0.3) is 0 Å². The number of benzene rings is 1. The van der Waals surface area contributed by atoms with Crippen LogP contribution in [0.2, 0.25) is 0 Å². The van der Waals surface area contributed by atoms with Gasteiger partial charge in [-0.25, -0.2) is 0 Å². The summed E-state index contributed by atoms with van der Waals surface area (Å²) in [4.78, 5) is 10.9. The maximum absolute atomic E-state index is 10.9. The minimum absolute atomic E-state index is 0. The highest BCUT2D eigenvalue weighted by Gasteiger charge is 2.08. The van der Waals surface area contributed by atoms with Gasteiger partial charge < -0.3 is 10.5 Å². The van der Waals surface area contributed by atoms with Crippen LogP contribution in [0.3, 0.4) is 0 Å². The van der Waals surface area contributed by atoms with Crippen molar-refractivity contribution in [2.45, 2.75) is 18.9 Å². The van der Waals surface area contributed by atoms with Crippen LogP contribution in [0.4, 0.5) is 0 Å². The molecule has 0 fully saturated rings. The summed E-state index contributed by atoms with van der Waals surface area (Å²) < 4.78 is 4.54. The molecule has 0 aliphatic heterocycles. The van der Waals surface area contributed by atoms with Gasteiger partial charge in [-0.1, -0.05) is 30.3 Å². The van der Waals surface area contributed by atoms with Crippen molar-refractivity contribution in [3.8, 4) is 0 Å². The predicted octanol–water partition coefficient (Wildman–Crippen LogP) is 2.06. The molecule has 4 heteroatoms. The van der Waals surface area contributed by atoms with E-state index < -0.39 is 0 Å². The molecule has 1 aromatic carbocycles. The zero-order chi connectivity index (χ0) is 10.4. The van der Waals surface area contributed by atoms with Crippen LogP contribution < -0.4 is 5.73 Å². The van der Waals surface area contributed by atoms with Gasteiger partial charge in [0.2, 0.25) is 0 Å². The molecular weight excluding hydrogens is 214 g/mol. The number of rotatable bonds is 4. The molecule has 0 amide bonds. The van der Waals surface area contributed by atoms with Crippen LogP contribution in [0, 0.1) is 0 Å². The van der Waals surface area contributed by atoms with Crippen LogP contribution in [0.15, 0.2) is 30.3 Å². The summed E-state index contributed by atoms with van der Waals surface area (Å²) in [7, 11) is 1.39. The van der Waals surface area contributed by atoms with E-state index in [2.05, 4.69) is 4.74 Å². The van der Waals surface area contributed by atoms with Gasteiger partial charge in [-0.3, -0.25) is 4.79 Å². The van der Waals surface area contributed by atoms with E-state index in [0.717, 1.165) is 5.56 Å². The number of hydrogen-bond donors (Lipinski definition) is 1. The van der Waals surface area contributed by atoms with E-state index >= 15 is 0 Å². The van der Waals surface area contributed by atoms with E-state index in [0.29, 0.717) is 12.8 Å². The first kappa shape index (κ1) is 13.9. The van der Waals surface area contributed by atoms with Crippen LogP contribution >= 0.6 is 12.4 Å². The van der Waals surface area contributed by atoms with Crippen molar-refractivity contribution < 1.29 is 9.53 Å². The third-order valence-electron chi connectivity index (χ3n) is 2.11. The minimum atomic E-state index is -0.212. The SMILES string of the molecule is COC(=O)CC[C@@H](N)c1ccccc1.Cl. The second-order valence-electron chi connectivity index (χ2n) is 3.13. The number of esters is 1. The molecule has 0 saturated heterocycles. The highest BCUT2D eigenvalue weighted by atomic mass is 35.5. The molecular formula is C11H16ClNO2. The molecule has 3 nitrogen and oxygen atoms in total. The predicted molar refractivity (Wildman–Crippen MR) is 61.9 cm³/mol. The Kier molecular flexibility index (Phi) is 6.75. The number of carbonyl (C=O) groups excluding carboxylic acids is 1. The topological polar surface area (TPSA) is 52.3 Å². The first-order valence-electron chi connectivity index (χ1n) is 4.61. The Labute approximate surface area is 96.0 Å². The molecule has 0 aromatic heterocycles. The molecule has 2 N–H and O–H groups in total. The van der Waals surface area contributed by atoms with E-state index in [1.165, 1.54) is 7.11 Å². The van der Waals surface area contributed by atoms with Crippen LogP contribution in [0.1, 0.15) is 24.4 Å². The molecule has 84 valence electrons. The number of ether oxygens (including phenoxy) is 1. The molecule has 0 radical (unpaired) electrons. The van der Waals surface area contributed by atoms with Crippen molar-refractivity contribution in [3.05, 3.63) is 35.9 Å². The molecule has 0 spiro atoms. The summed E-state index contributed by atoms with van der Waals surface area (Å²) in [6.45, 7) is 0. The molecule has 0 aliphatic carbocycles. The van der Waals surface area contributed by atoms with E-state index in [-0.39, 0.29) is 24.4 Å². The summed E-state index contributed by atoms with van der Waals surface area (Å²) in [5.41, 5.74) is 6.94. The normalized spacial score (nSPS) is 11.3. The monoisotopic (exact) mass is 229 g/mol. The molecule has 0 heterocycles. The van der Waals surface area contributed by atoms with E-state index in [1.54, 1.807) is 0 Å². The van der Waals surface area contributed by atoms with Crippen molar-refractivity contribution in [1.82, 2.24) is 0 Å². The average molecular weight is 230 g/mol. The molecule has 0 saturated carbocycles. The van der Waals surface area contributed by atoms with Crippen molar-refractivity contribution in [3.63, 3.8) is 0 Å². The fourth-order valence-corrected chi connectivity index (χ4v) is 1.24. The lowest BCUT2D eigenvalue weighted by Gasteiger charge is -2.10. The van der Waals surface area contributed by atoms with Gasteiger partial charge in [0.15, 0.2) is 0 Å². The molecule has 0 unspecified atom stereocenters. The number of halogens is 1. The Morgan fingerprint density at radius 1 is 1.40 bits per heavy atom. The second-order valence-corrected chi connectivity index (χ2v) is 3.13. The molecule has 0 aliphatic rings. The van der Waals surface area contributed by atoms with Gasteiger partial charge in [0.1, 0.15) is 0 Å². The van der Waals surface area contributed by atoms with Gasteiger partial charge in [-0.2, -0.15) is 0 Å². The fourth-order valence-electron chi connectivity index (χ4n) is 1.24. The van der Waals surface area contributed by atoms with Crippen LogP contribution in [-0.4, -0.2) is 13.1 Å². The second kappa shape index (κ2) is 7.26. The minimum Gasteiger partial charge on any atom is -0.469 e. The third kappa shape index (κ3) is 4.81. The van der Waals surface area contributed by atoms with E-state index in [4.69, 9.17) is 5.73 Å². The van der Waals surface area contributed by atoms with Gasteiger partial charge in [0, 0.05) is 12.5 Å². The zero-order valence-electron chi connectivity index (χ0n) is 8.68. The first-order valence-corrected chi connectivity index (χ1v) is 4.61. The van der Waals surface area contributed by atoms with Gasteiger partial charge in [0.05, 0.1) is 7.11 Å². The number of carbonyl (C=O) groups is 1. The molecule has 1 aromatic rings. The van der Waals surface area contributed by atoms with E-state index in [9.17, 15) is 4.79 Å². The highest BCUT2D eigenvalue weighted by molar-refractivity contribution is 5.85. The summed E-state index contributed by atoms with van der Waals surface area (Å²) in [5, 5.41) is 0. The van der Waals surface area contributed by atoms with Gasteiger partial charge >= 0.3 is 5.97 Å². The number of nitrogens with two attached hydrogens (primary N) is 1. The fraction of sp³-hybridized carbons (Fsp3) is 0.364. The lowest BCUT2D eigenvalue weighted by Crippen LogP contribution is -2.12. The van der Waals surface area contributed by atoms with Crippen molar-refractivity contribution in [2.24, 2.45) is 5.73 Å². The maximum Gasteiger partial charge on any atom is 0.305 e. The van der Waals surface area contributed by atoms with Gasteiger partial charge in [-0.05, 0) is 12.0 Å². The van der Waals surface area contributed by atoms with Crippen molar-refractivity contribution in [2.75, 3.05) is 7.11 Å². The molecule has 15 heavy (non-hydrogen) atoms. The summed E-state index contributed by atoms with van der Waals surface area (Å²) in [6.07, 6.45) is 0.989. The summed E-state index contributed by atoms with van der Waals surface area (Å²) in [6, 6.07) is 9.65. The Bertz CT molecular complexity index is 290. The third-order valence-corrected chi connectivity index (χ3v) is 2.11. The summed E-state index contributed by atoms with van der Waals surface area (Å²) in [5.74, 6) is -0.212. The van der Waals surface area contributed by atoms with Crippen LogP contribution in [0.25, 0.3) is 0 Å². The zero-order valence-corrected chi connectivity index (χ0v) is 9.50. The smallest absolute Gasteiger partial charge is 0.305 e. The Balaban J connectivity index is 0.00000196. The Morgan fingerprint density at radius 3 is 2.53 bits per heavy atom. The lowest BCUT2D eigenvalue weighted by molar-refractivity contribution is -0.140. The highest BCUT2D eigenvalue weighted by Crippen LogP contribution is 2.14. The van der Waals surface area contributed by atoms with Crippen LogP contribution in [0.5, 0.6) is 0 Å². The van der Waals surface area contributed by atoms with Crippen LogP contribution in [-0.2, 0) is 9.53 Å². The van der Waals surface area contributed by atoms with Crippen molar-refractivity contribution in [1.29, 1.82) is 0 Å². The first-order chi connectivity index (χ1) is 6.74. The lowest BCUT2D eigenvalue weighted by atomic mass is 10.0.